The molecule has 2 fully saturated rings. The molecule has 19 heavy (non-hydrogen) atoms. The summed E-state index contributed by atoms with van der Waals surface area (Å²) < 4.78 is 0. The van der Waals surface area contributed by atoms with E-state index >= 15 is 0 Å². The van der Waals surface area contributed by atoms with Gasteiger partial charge in [-0.15, -0.1) is 12.4 Å². The summed E-state index contributed by atoms with van der Waals surface area (Å²) in [5.41, 5.74) is 5.46. The predicted molar refractivity (Wildman–Crippen MR) is 81.4 cm³/mol. The number of unbranched alkanes of at least 4 members (excludes halogenated alkanes) is 3. The van der Waals surface area contributed by atoms with E-state index in [0.29, 0.717) is 11.9 Å². The van der Waals surface area contributed by atoms with Gasteiger partial charge in [-0.3, -0.25) is 4.79 Å². The second-order valence-electron chi connectivity index (χ2n) is 6.12. The van der Waals surface area contributed by atoms with Gasteiger partial charge in [-0.2, -0.15) is 0 Å². The van der Waals surface area contributed by atoms with Gasteiger partial charge in [0.25, 0.3) is 0 Å². The number of amides is 1. The second-order valence-corrected chi connectivity index (χ2v) is 6.12. The van der Waals surface area contributed by atoms with Crippen LogP contribution in [0.3, 0.4) is 0 Å². The number of halogens is 1. The summed E-state index contributed by atoms with van der Waals surface area (Å²) >= 11 is 0. The molecule has 0 radical (unpaired) electrons. The lowest BCUT2D eigenvalue weighted by Crippen LogP contribution is -2.39. The fraction of sp³-hybridized carbons (Fsp3) is 0.933. The Morgan fingerprint density at radius 2 is 1.63 bits per heavy atom. The minimum atomic E-state index is 0. The van der Waals surface area contributed by atoms with Crippen LogP contribution in [0.2, 0.25) is 0 Å². The molecule has 0 unspecified atom stereocenters. The first-order chi connectivity index (χ1) is 8.74. The number of rotatable bonds is 9. The molecular weight excluding hydrogens is 260 g/mol. The number of nitrogens with two attached hydrogens (primary N) is 1. The van der Waals surface area contributed by atoms with Crippen LogP contribution in [0.4, 0.5) is 0 Å². The van der Waals surface area contributed by atoms with Crippen molar-refractivity contribution in [2.24, 2.45) is 17.6 Å². The molecule has 0 aliphatic heterocycles. The Hall–Kier alpha value is -0.280. The predicted octanol–water partition coefficient (Wildman–Crippen LogP) is 2.96. The topological polar surface area (TPSA) is 46.3 Å². The van der Waals surface area contributed by atoms with Crippen LogP contribution in [0.1, 0.15) is 57.8 Å². The molecular formula is C15H29ClN2O. The van der Waals surface area contributed by atoms with Crippen molar-refractivity contribution in [3.05, 3.63) is 0 Å². The Kier molecular flexibility index (Phi) is 7.16. The Morgan fingerprint density at radius 1 is 1.11 bits per heavy atom. The number of hydrogen-bond acceptors (Lipinski definition) is 2. The van der Waals surface area contributed by atoms with E-state index < -0.39 is 0 Å². The lowest BCUT2D eigenvalue weighted by Gasteiger charge is -2.28. The summed E-state index contributed by atoms with van der Waals surface area (Å²) in [4.78, 5) is 14.3. The first-order valence-corrected chi connectivity index (χ1v) is 7.69. The van der Waals surface area contributed by atoms with Crippen LogP contribution in [-0.4, -0.2) is 30.4 Å². The van der Waals surface area contributed by atoms with Crippen molar-refractivity contribution in [2.75, 3.05) is 13.6 Å². The molecule has 0 aromatic carbocycles. The maximum absolute atomic E-state index is 12.2. The molecule has 112 valence electrons. The Morgan fingerprint density at radius 3 is 2.11 bits per heavy atom. The van der Waals surface area contributed by atoms with Gasteiger partial charge < -0.3 is 10.6 Å². The van der Waals surface area contributed by atoms with Gasteiger partial charge in [-0.25, -0.2) is 0 Å². The molecule has 0 atom stereocenters. The molecule has 0 aromatic rings. The van der Waals surface area contributed by atoms with E-state index in [4.69, 9.17) is 5.73 Å². The van der Waals surface area contributed by atoms with Crippen LogP contribution in [-0.2, 0) is 4.79 Å². The maximum atomic E-state index is 12.2. The zero-order valence-corrected chi connectivity index (χ0v) is 13.0. The highest BCUT2D eigenvalue weighted by Gasteiger charge is 2.44. The van der Waals surface area contributed by atoms with E-state index in [9.17, 15) is 4.79 Å². The Bertz CT molecular complexity index is 265. The SMILES string of the molecule is CN(C(=O)CCCCCCN)C(C1CC1)C1CC1.Cl. The van der Waals surface area contributed by atoms with E-state index in [0.717, 1.165) is 44.1 Å². The minimum absolute atomic E-state index is 0. The first-order valence-electron chi connectivity index (χ1n) is 7.69. The zero-order valence-electron chi connectivity index (χ0n) is 12.1. The second kappa shape index (κ2) is 8.11. The van der Waals surface area contributed by atoms with Crippen molar-refractivity contribution in [3.8, 4) is 0 Å². The van der Waals surface area contributed by atoms with E-state index in [1.54, 1.807) is 0 Å². The summed E-state index contributed by atoms with van der Waals surface area (Å²) in [5.74, 6) is 2.01. The van der Waals surface area contributed by atoms with Crippen LogP contribution in [0.5, 0.6) is 0 Å². The highest BCUT2D eigenvalue weighted by molar-refractivity contribution is 5.85. The lowest BCUT2D eigenvalue weighted by atomic mass is 10.0. The van der Waals surface area contributed by atoms with Crippen molar-refractivity contribution in [1.29, 1.82) is 0 Å². The fourth-order valence-electron chi connectivity index (χ4n) is 3.01. The molecule has 2 rings (SSSR count). The summed E-state index contributed by atoms with van der Waals surface area (Å²) in [7, 11) is 2.03. The maximum Gasteiger partial charge on any atom is 0.222 e. The third-order valence-electron chi connectivity index (χ3n) is 4.40. The van der Waals surface area contributed by atoms with Crippen molar-refractivity contribution < 1.29 is 4.79 Å². The molecule has 2 aliphatic rings. The van der Waals surface area contributed by atoms with Crippen molar-refractivity contribution in [1.82, 2.24) is 4.90 Å². The quantitative estimate of drug-likeness (QED) is 0.663. The van der Waals surface area contributed by atoms with Gasteiger partial charge in [-0.05, 0) is 56.9 Å². The van der Waals surface area contributed by atoms with Crippen molar-refractivity contribution in [3.63, 3.8) is 0 Å². The van der Waals surface area contributed by atoms with Crippen LogP contribution in [0.15, 0.2) is 0 Å². The van der Waals surface area contributed by atoms with E-state index in [-0.39, 0.29) is 12.4 Å². The Labute approximate surface area is 123 Å². The molecule has 4 heteroatoms. The van der Waals surface area contributed by atoms with Crippen LogP contribution < -0.4 is 5.73 Å². The average molecular weight is 289 g/mol. The average Bonchev–Trinajstić information content (AvgIpc) is 3.22. The molecule has 2 N–H and O–H groups in total. The fourth-order valence-corrected chi connectivity index (χ4v) is 3.01. The van der Waals surface area contributed by atoms with Crippen LogP contribution in [0.25, 0.3) is 0 Å². The van der Waals surface area contributed by atoms with Crippen molar-refractivity contribution >= 4 is 18.3 Å². The molecule has 0 spiro atoms. The number of carbonyl (C=O) groups excluding carboxylic acids is 1. The van der Waals surface area contributed by atoms with Gasteiger partial charge in [0, 0.05) is 19.5 Å². The standard InChI is InChI=1S/C15H28N2O.ClH/c1-17(14(18)6-4-2-3-5-11-16)15(12-7-8-12)13-9-10-13;/h12-13,15H,2-11,16H2,1H3;1H. The number of nitrogens with zero attached hydrogens (tertiary/aromatic N) is 1. The van der Waals surface area contributed by atoms with Crippen molar-refractivity contribution in [2.45, 2.75) is 63.8 Å². The Balaban J connectivity index is 0.00000180. The van der Waals surface area contributed by atoms with Gasteiger partial charge >= 0.3 is 0 Å². The summed E-state index contributed by atoms with van der Waals surface area (Å²) in [5, 5.41) is 0. The largest absolute Gasteiger partial charge is 0.342 e. The minimum Gasteiger partial charge on any atom is -0.342 e. The van der Waals surface area contributed by atoms with E-state index in [1.807, 2.05) is 7.05 Å². The normalized spacial score (nSPS) is 18.3. The van der Waals surface area contributed by atoms with Gasteiger partial charge in [0.05, 0.1) is 0 Å². The number of hydrogen-bond donors (Lipinski definition) is 1. The summed E-state index contributed by atoms with van der Waals surface area (Å²) in [6.07, 6.45) is 10.5. The summed E-state index contributed by atoms with van der Waals surface area (Å²) in [6, 6.07) is 0.571. The number of carbonyl (C=O) groups is 1. The molecule has 0 heterocycles. The van der Waals surface area contributed by atoms with Gasteiger partial charge in [-0.1, -0.05) is 12.8 Å². The summed E-state index contributed by atoms with van der Waals surface area (Å²) in [6.45, 7) is 0.777. The van der Waals surface area contributed by atoms with E-state index in [2.05, 4.69) is 4.90 Å². The van der Waals surface area contributed by atoms with Gasteiger partial charge in [0.2, 0.25) is 5.91 Å². The highest BCUT2D eigenvalue weighted by Crippen LogP contribution is 2.46. The van der Waals surface area contributed by atoms with Gasteiger partial charge in [0.15, 0.2) is 0 Å². The first kappa shape index (κ1) is 16.8. The third kappa shape index (κ3) is 5.31. The van der Waals surface area contributed by atoms with Crippen LogP contribution in [0, 0.1) is 11.8 Å². The molecule has 1 amide bonds. The third-order valence-corrected chi connectivity index (χ3v) is 4.40. The molecule has 0 bridgehead atoms. The molecule has 0 aromatic heterocycles. The van der Waals surface area contributed by atoms with Crippen LogP contribution >= 0.6 is 12.4 Å². The highest BCUT2D eigenvalue weighted by atomic mass is 35.5. The van der Waals surface area contributed by atoms with Gasteiger partial charge in [0.1, 0.15) is 0 Å². The zero-order chi connectivity index (χ0) is 13.0. The monoisotopic (exact) mass is 288 g/mol. The lowest BCUT2D eigenvalue weighted by molar-refractivity contribution is -0.133. The molecule has 0 saturated heterocycles. The molecule has 3 nitrogen and oxygen atoms in total. The molecule has 2 aliphatic carbocycles. The molecule has 2 saturated carbocycles. The smallest absolute Gasteiger partial charge is 0.222 e. The van der Waals surface area contributed by atoms with E-state index in [1.165, 1.54) is 32.1 Å².